The molecule has 0 aliphatic carbocycles. The number of aryl methyl sites for hydroxylation is 1. The Bertz CT molecular complexity index is 1170. The maximum absolute atomic E-state index is 12.0. The first-order valence-corrected chi connectivity index (χ1v) is 11.6. The van der Waals surface area contributed by atoms with Gasteiger partial charge in [-0.2, -0.15) is 5.10 Å². The van der Waals surface area contributed by atoms with Gasteiger partial charge in [0.2, 0.25) is 0 Å². The van der Waals surface area contributed by atoms with Crippen LogP contribution in [0, 0.1) is 6.92 Å². The summed E-state index contributed by atoms with van der Waals surface area (Å²) in [6.07, 6.45) is 1.43. The number of anilines is 1. The van der Waals surface area contributed by atoms with E-state index in [-0.39, 0.29) is 15.7 Å². The second-order valence-corrected chi connectivity index (χ2v) is 9.39. The zero-order valence-electron chi connectivity index (χ0n) is 16.9. The molecule has 2 amide bonds. The van der Waals surface area contributed by atoms with E-state index in [1.54, 1.807) is 43.1 Å². The number of nitrogens with one attached hydrogen (secondary N) is 2. The van der Waals surface area contributed by atoms with Crippen molar-refractivity contribution >= 4 is 70.0 Å². The number of nitrogens with zero attached hydrogens (tertiary/aromatic N) is 3. The fourth-order valence-corrected chi connectivity index (χ4v) is 4.60. The van der Waals surface area contributed by atoms with E-state index < -0.39 is 11.8 Å². The van der Waals surface area contributed by atoms with E-state index in [0.29, 0.717) is 11.3 Å². The van der Waals surface area contributed by atoms with Crippen molar-refractivity contribution in [2.75, 3.05) is 12.4 Å². The summed E-state index contributed by atoms with van der Waals surface area (Å²) in [7, 11) is 1.59. The van der Waals surface area contributed by atoms with Crippen molar-refractivity contribution in [2.24, 2.45) is 5.10 Å². The third-order valence-electron chi connectivity index (χ3n) is 3.95. The van der Waals surface area contributed by atoms with Crippen molar-refractivity contribution < 1.29 is 14.3 Å². The largest absolute Gasteiger partial charge is 0.496 e. The molecule has 3 rings (SSSR count). The highest BCUT2D eigenvalue weighted by Crippen LogP contribution is 2.30. The molecule has 0 radical (unpaired) electrons. The zero-order valence-corrected chi connectivity index (χ0v) is 20.0. The summed E-state index contributed by atoms with van der Waals surface area (Å²) < 4.78 is 6.27. The van der Waals surface area contributed by atoms with E-state index in [1.165, 1.54) is 23.6 Å². The van der Waals surface area contributed by atoms with E-state index in [1.807, 2.05) is 13.0 Å². The minimum Gasteiger partial charge on any atom is -0.496 e. The number of hydrogen-bond donors (Lipinski definition) is 2. The Morgan fingerprint density at radius 2 is 2.03 bits per heavy atom. The predicted octanol–water partition coefficient (Wildman–Crippen LogP) is 4.54. The highest BCUT2D eigenvalue weighted by atomic mass is 35.5. The van der Waals surface area contributed by atoms with Crippen molar-refractivity contribution in [3.8, 4) is 5.75 Å². The van der Waals surface area contributed by atoms with Gasteiger partial charge in [-0.3, -0.25) is 9.59 Å². The van der Waals surface area contributed by atoms with Crippen LogP contribution in [0.3, 0.4) is 0 Å². The van der Waals surface area contributed by atoms with Crippen LogP contribution in [0.5, 0.6) is 5.75 Å². The molecule has 12 heteroatoms. The van der Waals surface area contributed by atoms with Crippen LogP contribution in [0.25, 0.3) is 0 Å². The third-order valence-corrected chi connectivity index (χ3v) is 6.79. The molecule has 0 spiro atoms. The van der Waals surface area contributed by atoms with E-state index >= 15 is 0 Å². The monoisotopic (exact) mass is 509 g/mol. The van der Waals surface area contributed by atoms with Gasteiger partial charge in [0.05, 0.1) is 29.1 Å². The Morgan fingerprint density at radius 1 is 1.22 bits per heavy atom. The molecule has 2 aromatic carbocycles. The first-order valence-electron chi connectivity index (χ1n) is 9.05. The number of amides is 2. The smallest absolute Gasteiger partial charge is 0.329 e. The molecule has 0 unspecified atom stereocenters. The van der Waals surface area contributed by atoms with Crippen LogP contribution >= 0.6 is 46.3 Å². The molecule has 3 aromatic rings. The molecule has 0 saturated carbocycles. The summed E-state index contributed by atoms with van der Waals surface area (Å²) >= 11 is 15.0. The van der Waals surface area contributed by atoms with E-state index in [2.05, 4.69) is 26.0 Å². The number of aromatic nitrogens is 2. The molecule has 8 nitrogen and oxygen atoms in total. The summed E-state index contributed by atoms with van der Waals surface area (Å²) in [6.45, 7) is 1.90. The summed E-state index contributed by atoms with van der Waals surface area (Å²) in [6, 6.07) is 10.2. The van der Waals surface area contributed by atoms with Crippen molar-refractivity contribution in [1.82, 2.24) is 15.6 Å². The summed E-state index contributed by atoms with van der Waals surface area (Å²) in [5, 5.41) is 15.6. The Kier molecular flexibility index (Phi) is 8.46. The second kappa shape index (κ2) is 11.3. The number of thioether (sulfide) groups is 1. The van der Waals surface area contributed by atoms with E-state index in [9.17, 15) is 9.59 Å². The maximum Gasteiger partial charge on any atom is 0.329 e. The van der Waals surface area contributed by atoms with Crippen LogP contribution in [-0.2, 0) is 15.3 Å². The van der Waals surface area contributed by atoms with Gasteiger partial charge in [-0.1, -0.05) is 52.4 Å². The number of ether oxygens (including phenoxy) is 1. The molecule has 1 heterocycles. The van der Waals surface area contributed by atoms with Crippen LogP contribution in [0.2, 0.25) is 10.0 Å². The molecule has 2 N–H and O–H groups in total. The van der Waals surface area contributed by atoms with Gasteiger partial charge in [0, 0.05) is 11.3 Å². The van der Waals surface area contributed by atoms with Crippen LogP contribution in [-0.4, -0.2) is 35.3 Å². The number of rotatable bonds is 7. The van der Waals surface area contributed by atoms with Crippen LogP contribution in [0.1, 0.15) is 16.1 Å². The van der Waals surface area contributed by atoms with Gasteiger partial charge in [0.25, 0.3) is 0 Å². The van der Waals surface area contributed by atoms with Crippen LogP contribution < -0.4 is 15.5 Å². The average molecular weight is 510 g/mol. The summed E-state index contributed by atoms with van der Waals surface area (Å²) in [4.78, 5) is 24.1. The minimum atomic E-state index is -0.951. The Hall–Kier alpha value is -2.66. The van der Waals surface area contributed by atoms with Gasteiger partial charge < -0.3 is 10.1 Å². The number of hydrazone groups is 1. The Morgan fingerprint density at radius 3 is 2.75 bits per heavy atom. The highest BCUT2D eigenvalue weighted by Gasteiger charge is 2.15. The third kappa shape index (κ3) is 6.42. The minimum absolute atomic E-state index is 0.145. The maximum atomic E-state index is 12.0. The molecule has 0 atom stereocenters. The van der Waals surface area contributed by atoms with Crippen molar-refractivity contribution in [1.29, 1.82) is 0 Å². The number of methoxy groups -OCH3 is 1. The lowest BCUT2D eigenvalue weighted by Gasteiger charge is -2.08. The topological polar surface area (TPSA) is 106 Å². The van der Waals surface area contributed by atoms with Crippen molar-refractivity contribution in [3.63, 3.8) is 0 Å². The standard InChI is InChI=1S/C20H17Cl2N5O3S2/c1-11-25-27-20(32-11)31-10-13-8-12(6-7-16(13)30-2)9-23-26-19(29)18(28)24-15-5-3-4-14(21)17(15)22/h3-9H,10H2,1-2H3,(H,24,28)(H,26,29). The molecule has 0 aliphatic heterocycles. The normalized spacial score (nSPS) is 10.9. The molecule has 0 bridgehead atoms. The lowest BCUT2D eigenvalue weighted by atomic mass is 10.1. The molecule has 0 saturated heterocycles. The van der Waals surface area contributed by atoms with Crippen molar-refractivity contribution in [3.05, 3.63) is 62.6 Å². The Labute approximate surface area is 202 Å². The lowest BCUT2D eigenvalue weighted by molar-refractivity contribution is -0.136. The summed E-state index contributed by atoms with van der Waals surface area (Å²) in [5.41, 5.74) is 4.05. The van der Waals surface area contributed by atoms with Crippen LogP contribution in [0.15, 0.2) is 45.8 Å². The molecule has 166 valence electrons. The lowest BCUT2D eigenvalue weighted by Crippen LogP contribution is -2.32. The fraction of sp³-hybridized carbons (Fsp3) is 0.150. The van der Waals surface area contributed by atoms with Gasteiger partial charge in [0.15, 0.2) is 4.34 Å². The number of hydrogen-bond acceptors (Lipinski definition) is 8. The van der Waals surface area contributed by atoms with Gasteiger partial charge in [-0.15, -0.1) is 10.2 Å². The van der Waals surface area contributed by atoms with Gasteiger partial charge in [0.1, 0.15) is 10.8 Å². The number of carbonyl (C=O) groups excluding carboxylic acids is 2. The number of carbonyl (C=O) groups is 2. The van der Waals surface area contributed by atoms with Crippen molar-refractivity contribution in [2.45, 2.75) is 17.0 Å². The molecular weight excluding hydrogens is 493 g/mol. The van der Waals surface area contributed by atoms with Gasteiger partial charge in [-0.05, 0) is 42.8 Å². The number of benzene rings is 2. The molecular formula is C20H17Cl2N5O3S2. The predicted molar refractivity (Wildman–Crippen MR) is 128 cm³/mol. The summed E-state index contributed by atoms with van der Waals surface area (Å²) in [5.74, 6) is -0.536. The van der Waals surface area contributed by atoms with Crippen LogP contribution in [0.4, 0.5) is 5.69 Å². The zero-order chi connectivity index (χ0) is 23.1. The first kappa shape index (κ1) is 24.0. The molecule has 0 aliphatic rings. The molecule has 0 fully saturated rings. The highest BCUT2D eigenvalue weighted by molar-refractivity contribution is 8.00. The second-order valence-electron chi connectivity index (χ2n) is 6.20. The average Bonchev–Trinajstić information content (AvgIpc) is 3.20. The first-order chi connectivity index (χ1) is 15.4. The SMILES string of the molecule is COc1ccc(C=NNC(=O)C(=O)Nc2cccc(Cl)c2Cl)cc1CSc1nnc(C)s1. The van der Waals surface area contributed by atoms with Gasteiger partial charge in [-0.25, -0.2) is 5.43 Å². The Balaban J connectivity index is 1.60. The fourth-order valence-electron chi connectivity index (χ4n) is 2.46. The van der Waals surface area contributed by atoms with E-state index in [4.69, 9.17) is 27.9 Å². The van der Waals surface area contributed by atoms with Gasteiger partial charge >= 0.3 is 11.8 Å². The molecule has 1 aromatic heterocycles. The molecule has 32 heavy (non-hydrogen) atoms. The number of halogens is 2. The quantitative estimate of drug-likeness (QED) is 0.209. The van der Waals surface area contributed by atoms with E-state index in [0.717, 1.165) is 20.7 Å².